The zero-order chi connectivity index (χ0) is 19.4. The molecule has 4 aliphatic carbocycles. The van der Waals surface area contributed by atoms with Gasteiger partial charge in [0.1, 0.15) is 0 Å². The van der Waals surface area contributed by atoms with Crippen molar-refractivity contribution in [3.05, 3.63) is 17.2 Å². The van der Waals surface area contributed by atoms with Crippen LogP contribution in [0.5, 0.6) is 0 Å². The van der Waals surface area contributed by atoms with E-state index < -0.39 is 11.5 Å². The fourth-order valence-corrected chi connectivity index (χ4v) is 7.69. The van der Waals surface area contributed by atoms with Gasteiger partial charge in [0.05, 0.1) is 12.2 Å². The van der Waals surface area contributed by atoms with Crippen LogP contribution in [0.3, 0.4) is 0 Å². The molecule has 5 heteroatoms. The number of fused-ring (bicyclic) bond motifs is 5. The van der Waals surface area contributed by atoms with Gasteiger partial charge in [-0.2, -0.15) is 4.79 Å². The number of hydrogen-bond acceptors (Lipinski definition) is 3. The Hall–Kier alpha value is -1.29. The maximum Gasteiger partial charge on any atom is 0.323 e. The molecule has 8 atom stereocenters. The first-order valence-electron chi connectivity index (χ1n) is 10.6. The van der Waals surface area contributed by atoms with Crippen LogP contribution in [0.1, 0.15) is 65.2 Å². The summed E-state index contributed by atoms with van der Waals surface area (Å²) in [4.78, 5) is 16.2. The lowest BCUT2D eigenvalue weighted by Crippen LogP contribution is -2.55. The number of carbonyl (C=O) groups excluding carboxylic acids is 1. The van der Waals surface area contributed by atoms with E-state index in [1.807, 2.05) is 0 Å². The Morgan fingerprint density at radius 1 is 1.30 bits per heavy atom. The largest absolute Gasteiger partial charge is 0.393 e. The summed E-state index contributed by atoms with van der Waals surface area (Å²) in [6.45, 7) is 4.17. The van der Waals surface area contributed by atoms with E-state index in [-0.39, 0.29) is 29.1 Å². The molecule has 3 saturated carbocycles. The zero-order valence-corrected chi connectivity index (χ0v) is 16.5. The SMILES string of the molecule is C[C@@H](O)[C@H]1CC[C@H]2[C@@H]3CC=C4C[C@@H](O)CC[C@]4(C)[C@H]3CC[C@]12C(=O)C=[N+]=[N-]. The van der Waals surface area contributed by atoms with Crippen LogP contribution >= 0.6 is 0 Å². The number of Topliss-reactive ketones (excluding diaryl/α,β-unsaturated/α-hetero) is 1. The van der Waals surface area contributed by atoms with E-state index in [4.69, 9.17) is 5.53 Å². The fraction of sp³-hybridized carbons (Fsp3) is 0.818. The van der Waals surface area contributed by atoms with Crippen LogP contribution in [0.4, 0.5) is 0 Å². The zero-order valence-electron chi connectivity index (χ0n) is 16.5. The molecule has 0 amide bonds. The molecule has 0 aromatic rings. The van der Waals surface area contributed by atoms with Crippen molar-refractivity contribution in [2.24, 2.45) is 34.5 Å². The number of rotatable bonds is 3. The van der Waals surface area contributed by atoms with E-state index in [2.05, 4.69) is 17.8 Å². The number of aliphatic hydroxyl groups excluding tert-OH is 2. The predicted octanol–water partition coefficient (Wildman–Crippen LogP) is 3.16. The highest BCUT2D eigenvalue weighted by molar-refractivity contribution is 6.28. The Balaban J connectivity index is 1.73. The summed E-state index contributed by atoms with van der Waals surface area (Å²) in [6.07, 6.45) is 9.89. The minimum atomic E-state index is -0.586. The second-order valence-electron chi connectivity index (χ2n) is 9.77. The Morgan fingerprint density at radius 2 is 2.07 bits per heavy atom. The molecule has 0 aromatic heterocycles. The summed E-state index contributed by atoms with van der Waals surface area (Å²) in [5.41, 5.74) is 9.98. The summed E-state index contributed by atoms with van der Waals surface area (Å²) < 4.78 is 0. The van der Waals surface area contributed by atoms with Gasteiger partial charge in [-0.25, -0.2) is 0 Å². The summed E-state index contributed by atoms with van der Waals surface area (Å²) in [6, 6.07) is 0. The second kappa shape index (κ2) is 6.65. The van der Waals surface area contributed by atoms with Gasteiger partial charge in [-0.3, -0.25) is 4.79 Å². The van der Waals surface area contributed by atoms with Crippen molar-refractivity contribution in [1.29, 1.82) is 0 Å². The quantitative estimate of drug-likeness (QED) is 0.345. The smallest absolute Gasteiger partial charge is 0.323 e. The molecule has 0 saturated heterocycles. The molecule has 4 rings (SSSR count). The molecule has 4 aliphatic rings. The Bertz CT molecular complexity index is 710. The minimum Gasteiger partial charge on any atom is -0.393 e. The first-order chi connectivity index (χ1) is 12.8. The molecule has 0 aliphatic heterocycles. The van der Waals surface area contributed by atoms with Crippen molar-refractivity contribution in [3.8, 4) is 0 Å². The van der Waals surface area contributed by atoms with E-state index in [1.54, 1.807) is 6.92 Å². The third kappa shape index (κ3) is 2.62. The lowest BCUT2D eigenvalue weighted by atomic mass is 9.46. The Labute approximate surface area is 161 Å². The Kier molecular flexibility index (Phi) is 4.69. The molecule has 0 bridgehead atoms. The third-order valence-electron chi connectivity index (χ3n) is 8.87. The molecule has 0 aromatic carbocycles. The number of hydrogen-bond donors (Lipinski definition) is 2. The molecule has 0 heterocycles. The molecule has 148 valence electrons. The van der Waals surface area contributed by atoms with Gasteiger partial charge in [0.2, 0.25) is 5.78 Å². The lowest BCUT2D eigenvalue weighted by molar-refractivity contribution is -0.143. The van der Waals surface area contributed by atoms with Gasteiger partial charge in [-0.05, 0) is 87.4 Å². The molecular formula is C22H32N2O3. The summed E-state index contributed by atoms with van der Waals surface area (Å²) in [5, 5.41) is 20.6. The molecule has 27 heavy (non-hydrogen) atoms. The van der Waals surface area contributed by atoms with Crippen molar-refractivity contribution < 1.29 is 19.8 Å². The van der Waals surface area contributed by atoms with E-state index in [0.29, 0.717) is 11.8 Å². The van der Waals surface area contributed by atoms with Gasteiger partial charge in [-0.15, -0.1) is 0 Å². The van der Waals surface area contributed by atoms with Crippen molar-refractivity contribution in [2.45, 2.75) is 77.4 Å². The molecular weight excluding hydrogens is 340 g/mol. The van der Waals surface area contributed by atoms with Gasteiger partial charge in [0.25, 0.3) is 0 Å². The van der Waals surface area contributed by atoms with Crippen LogP contribution in [0.2, 0.25) is 0 Å². The van der Waals surface area contributed by atoms with Crippen molar-refractivity contribution >= 4 is 12.0 Å². The normalized spacial score (nSPS) is 47.0. The highest BCUT2D eigenvalue weighted by Gasteiger charge is 2.64. The number of nitrogens with zero attached hydrogens (tertiary/aromatic N) is 2. The van der Waals surface area contributed by atoms with E-state index >= 15 is 0 Å². The number of aliphatic hydroxyl groups is 2. The Morgan fingerprint density at radius 3 is 2.78 bits per heavy atom. The predicted molar refractivity (Wildman–Crippen MR) is 102 cm³/mol. The summed E-state index contributed by atoms with van der Waals surface area (Å²) in [7, 11) is 0. The molecule has 2 N–H and O–H groups in total. The van der Waals surface area contributed by atoms with Crippen LogP contribution in [0, 0.1) is 34.5 Å². The average molecular weight is 373 g/mol. The number of allylic oxidation sites excluding steroid dienone is 1. The van der Waals surface area contributed by atoms with Crippen molar-refractivity contribution in [2.75, 3.05) is 0 Å². The van der Waals surface area contributed by atoms with Gasteiger partial charge in [0, 0.05) is 5.41 Å². The number of carbonyl (C=O) groups is 1. The second-order valence-corrected chi connectivity index (χ2v) is 9.77. The highest BCUT2D eigenvalue weighted by Crippen LogP contribution is 2.66. The fourth-order valence-electron chi connectivity index (χ4n) is 7.69. The maximum absolute atomic E-state index is 13.1. The van der Waals surface area contributed by atoms with Crippen LogP contribution < -0.4 is 0 Å². The molecule has 0 spiro atoms. The lowest BCUT2D eigenvalue weighted by Gasteiger charge is -2.57. The van der Waals surface area contributed by atoms with Gasteiger partial charge in [-0.1, -0.05) is 18.6 Å². The first-order valence-corrected chi connectivity index (χ1v) is 10.6. The highest BCUT2D eigenvalue weighted by atomic mass is 16.3. The first kappa shape index (κ1) is 19.0. The van der Waals surface area contributed by atoms with Gasteiger partial charge >= 0.3 is 6.21 Å². The topological polar surface area (TPSA) is 93.9 Å². The summed E-state index contributed by atoms with van der Waals surface area (Å²) in [5.74, 6) is 1.05. The minimum absolute atomic E-state index is 0.0553. The van der Waals surface area contributed by atoms with Crippen LogP contribution in [0.15, 0.2) is 11.6 Å². The van der Waals surface area contributed by atoms with Gasteiger partial charge < -0.3 is 15.7 Å². The van der Waals surface area contributed by atoms with E-state index in [9.17, 15) is 15.0 Å². The summed E-state index contributed by atoms with van der Waals surface area (Å²) >= 11 is 0. The van der Waals surface area contributed by atoms with Crippen molar-refractivity contribution in [1.82, 2.24) is 0 Å². The third-order valence-corrected chi connectivity index (χ3v) is 8.87. The standard InChI is InChI=1S/C22H32N2O3/c1-13(25)17-5-6-19-16-4-3-14-11-15(26)7-9-21(14,2)18(16)8-10-22(17,19)20(27)12-24-23/h3,12-13,15-19,25-26H,4-11H2,1-2H3/t13-,15+,16-,17-,18+,19+,21+,22+/m1/s1. The maximum atomic E-state index is 13.1. The van der Waals surface area contributed by atoms with Crippen LogP contribution in [-0.4, -0.2) is 39.2 Å². The molecule has 3 fully saturated rings. The average Bonchev–Trinajstić information content (AvgIpc) is 3.03. The van der Waals surface area contributed by atoms with Crippen molar-refractivity contribution in [3.63, 3.8) is 0 Å². The van der Waals surface area contributed by atoms with Crippen LogP contribution in [-0.2, 0) is 4.79 Å². The van der Waals surface area contributed by atoms with E-state index in [0.717, 1.165) is 57.6 Å². The van der Waals surface area contributed by atoms with Crippen LogP contribution in [0.25, 0.3) is 5.53 Å². The molecule has 0 unspecified atom stereocenters. The monoisotopic (exact) mass is 372 g/mol. The van der Waals surface area contributed by atoms with E-state index in [1.165, 1.54) is 5.57 Å². The van der Waals surface area contributed by atoms with Gasteiger partial charge in [0.15, 0.2) is 0 Å². The number of ketones is 1. The molecule has 5 nitrogen and oxygen atoms in total. The molecule has 0 radical (unpaired) electrons.